The molecule has 0 amide bonds. The zero-order chi connectivity index (χ0) is 29.5. The van der Waals surface area contributed by atoms with Crippen molar-refractivity contribution < 1.29 is 9.53 Å². The van der Waals surface area contributed by atoms with Gasteiger partial charge in [0.2, 0.25) is 0 Å². The van der Waals surface area contributed by atoms with Crippen LogP contribution in [0.1, 0.15) is 164 Å². The van der Waals surface area contributed by atoms with E-state index in [1.807, 2.05) is 6.08 Å². The summed E-state index contributed by atoms with van der Waals surface area (Å²) in [7, 11) is 0. The SMILES string of the molecule is CCCCCCCCCCCCCCCCCC(=O)OCC=C(C)C=CC=C(C)C=CC1=C(C)CCCC1(C)C. The van der Waals surface area contributed by atoms with Crippen LogP contribution in [0.15, 0.2) is 58.7 Å². The molecule has 0 aliphatic heterocycles. The lowest BCUT2D eigenvalue weighted by Gasteiger charge is -2.32. The van der Waals surface area contributed by atoms with Gasteiger partial charge < -0.3 is 4.74 Å². The minimum atomic E-state index is -0.0705. The van der Waals surface area contributed by atoms with Gasteiger partial charge in [-0.25, -0.2) is 0 Å². The highest BCUT2D eigenvalue weighted by atomic mass is 16.5. The lowest BCUT2D eigenvalue weighted by atomic mass is 9.72. The standard InChI is InChI=1S/C38H64O2/c1-7-8-9-10-11-12-13-14-15-16-17-18-19-20-21-27-37(39)40-32-30-34(3)25-22-24-33(2)28-29-36-35(4)26-23-31-38(36,5)6/h22,24-25,28-30H,7-21,23,26-27,31-32H2,1-6H3. The maximum atomic E-state index is 12.0. The second kappa shape index (κ2) is 22.8. The van der Waals surface area contributed by atoms with Crippen LogP contribution in [-0.4, -0.2) is 12.6 Å². The molecule has 228 valence electrons. The van der Waals surface area contributed by atoms with Crippen molar-refractivity contribution in [3.05, 3.63) is 58.7 Å². The minimum absolute atomic E-state index is 0.0705. The molecule has 0 atom stereocenters. The van der Waals surface area contributed by atoms with E-state index in [0.29, 0.717) is 13.0 Å². The summed E-state index contributed by atoms with van der Waals surface area (Å²) in [6, 6.07) is 0. The predicted octanol–water partition coefficient (Wildman–Crippen LogP) is 12.3. The first kappa shape index (κ1) is 36.2. The number of unbranched alkanes of at least 4 members (excludes halogenated alkanes) is 14. The molecule has 1 aliphatic rings. The summed E-state index contributed by atoms with van der Waals surface area (Å²) in [4.78, 5) is 12.0. The lowest BCUT2D eigenvalue weighted by molar-refractivity contribution is -0.142. The van der Waals surface area contributed by atoms with Crippen molar-refractivity contribution in [3.63, 3.8) is 0 Å². The van der Waals surface area contributed by atoms with Gasteiger partial charge in [0.05, 0.1) is 0 Å². The fraction of sp³-hybridized carbons (Fsp3) is 0.711. The molecule has 0 fully saturated rings. The Morgan fingerprint density at radius 1 is 0.800 bits per heavy atom. The maximum absolute atomic E-state index is 12.0. The highest BCUT2D eigenvalue weighted by molar-refractivity contribution is 5.69. The van der Waals surface area contributed by atoms with Crippen molar-refractivity contribution >= 4 is 5.97 Å². The van der Waals surface area contributed by atoms with E-state index in [2.05, 4.69) is 71.9 Å². The topological polar surface area (TPSA) is 26.3 Å². The van der Waals surface area contributed by atoms with Gasteiger partial charge in [-0.1, -0.05) is 158 Å². The Kier molecular flexibility index (Phi) is 20.6. The van der Waals surface area contributed by atoms with E-state index < -0.39 is 0 Å². The molecule has 0 aromatic heterocycles. The largest absolute Gasteiger partial charge is 0.461 e. The van der Waals surface area contributed by atoms with Gasteiger partial charge >= 0.3 is 5.97 Å². The monoisotopic (exact) mass is 552 g/mol. The van der Waals surface area contributed by atoms with E-state index >= 15 is 0 Å². The second-order valence-corrected chi connectivity index (χ2v) is 12.9. The third-order valence-electron chi connectivity index (χ3n) is 8.41. The summed E-state index contributed by atoms with van der Waals surface area (Å²) in [6.45, 7) is 13.8. The highest BCUT2D eigenvalue weighted by Gasteiger charge is 2.26. The van der Waals surface area contributed by atoms with Crippen molar-refractivity contribution in [1.29, 1.82) is 0 Å². The Morgan fingerprint density at radius 3 is 1.90 bits per heavy atom. The number of carbonyl (C=O) groups is 1. The molecule has 0 unspecified atom stereocenters. The Bertz CT molecular complexity index is 834. The van der Waals surface area contributed by atoms with Gasteiger partial charge in [0, 0.05) is 6.42 Å². The van der Waals surface area contributed by atoms with Gasteiger partial charge in [-0.05, 0) is 63.5 Å². The van der Waals surface area contributed by atoms with Gasteiger partial charge in [-0.3, -0.25) is 4.79 Å². The fourth-order valence-corrected chi connectivity index (χ4v) is 5.68. The molecule has 40 heavy (non-hydrogen) atoms. The molecule has 0 radical (unpaired) electrons. The summed E-state index contributed by atoms with van der Waals surface area (Å²) < 4.78 is 5.41. The van der Waals surface area contributed by atoms with Gasteiger partial charge in [-0.15, -0.1) is 0 Å². The van der Waals surface area contributed by atoms with Crippen molar-refractivity contribution in [2.45, 2.75) is 164 Å². The molecular formula is C38H64O2. The van der Waals surface area contributed by atoms with Crippen LogP contribution in [0.2, 0.25) is 0 Å². The molecule has 0 aromatic rings. The molecular weight excluding hydrogens is 488 g/mol. The molecule has 0 spiro atoms. The Labute approximate surface area is 249 Å². The molecule has 1 aliphatic carbocycles. The van der Waals surface area contributed by atoms with Crippen molar-refractivity contribution in [3.8, 4) is 0 Å². The number of ether oxygens (including phenoxy) is 1. The number of rotatable bonds is 22. The number of hydrogen-bond acceptors (Lipinski definition) is 2. The van der Waals surface area contributed by atoms with E-state index in [1.54, 1.807) is 0 Å². The first-order chi connectivity index (χ1) is 19.3. The number of esters is 1. The molecule has 0 saturated carbocycles. The summed E-state index contributed by atoms with van der Waals surface area (Å²) in [5, 5.41) is 0. The summed E-state index contributed by atoms with van der Waals surface area (Å²) >= 11 is 0. The van der Waals surface area contributed by atoms with Crippen LogP contribution in [0.4, 0.5) is 0 Å². The first-order valence-electron chi connectivity index (χ1n) is 16.8. The predicted molar refractivity (Wildman–Crippen MR) is 177 cm³/mol. The van der Waals surface area contributed by atoms with Gasteiger partial charge in [0.25, 0.3) is 0 Å². The van der Waals surface area contributed by atoms with Crippen LogP contribution in [0, 0.1) is 5.41 Å². The van der Waals surface area contributed by atoms with Gasteiger partial charge in [0.15, 0.2) is 0 Å². The number of hydrogen-bond donors (Lipinski definition) is 0. The van der Waals surface area contributed by atoms with E-state index in [1.165, 1.54) is 119 Å². The highest BCUT2D eigenvalue weighted by Crippen LogP contribution is 2.40. The van der Waals surface area contributed by atoms with Gasteiger partial charge in [-0.2, -0.15) is 0 Å². The smallest absolute Gasteiger partial charge is 0.306 e. The zero-order valence-corrected chi connectivity index (χ0v) is 27.4. The second-order valence-electron chi connectivity index (χ2n) is 12.9. The number of allylic oxidation sites excluding steroid dienone is 9. The Morgan fingerprint density at radius 2 is 1.35 bits per heavy atom. The molecule has 2 nitrogen and oxygen atoms in total. The summed E-state index contributed by atoms with van der Waals surface area (Å²) in [5.74, 6) is -0.0705. The molecule has 0 aromatic carbocycles. The van der Waals surface area contributed by atoms with Gasteiger partial charge in [0.1, 0.15) is 6.61 Å². The van der Waals surface area contributed by atoms with E-state index in [4.69, 9.17) is 4.74 Å². The van der Waals surface area contributed by atoms with Crippen LogP contribution < -0.4 is 0 Å². The maximum Gasteiger partial charge on any atom is 0.306 e. The van der Waals surface area contributed by atoms with Crippen LogP contribution in [0.25, 0.3) is 0 Å². The first-order valence-corrected chi connectivity index (χ1v) is 16.8. The zero-order valence-electron chi connectivity index (χ0n) is 27.4. The molecule has 2 heteroatoms. The molecule has 0 saturated heterocycles. The van der Waals surface area contributed by atoms with E-state index in [9.17, 15) is 4.79 Å². The molecule has 0 bridgehead atoms. The average Bonchev–Trinajstić information content (AvgIpc) is 2.90. The van der Waals surface area contributed by atoms with Crippen LogP contribution >= 0.6 is 0 Å². The van der Waals surface area contributed by atoms with Crippen LogP contribution in [0.5, 0.6) is 0 Å². The third kappa shape index (κ3) is 18.5. The molecule has 1 rings (SSSR count). The fourth-order valence-electron chi connectivity index (χ4n) is 5.68. The minimum Gasteiger partial charge on any atom is -0.461 e. The van der Waals surface area contributed by atoms with E-state index in [0.717, 1.165) is 18.4 Å². The quantitative estimate of drug-likeness (QED) is 0.0758. The van der Waals surface area contributed by atoms with Crippen molar-refractivity contribution in [2.75, 3.05) is 6.61 Å². The van der Waals surface area contributed by atoms with Crippen LogP contribution in [-0.2, 0) is 9.53 Å². The van der Waals surface area contributed by atoms with Crippen LogP contribution in [0.3, 0.4) is 0 Å². The molecule has 0 heterocycles. The van der Waals surface area contributed by atoms with Crippen molar-refractivity contribution in [2.24, 2.45) is 5.41 Å². The lowest BCUT2D eigenvalue weighted by Crippen LogP contribution is -2.19. The summed E-state index contributed by atoms with van der Waals surface area (Å²) in [6.07, 6.45) is 37.2. The molecule has 0 N–H and O–H groups in total. The normalized spacial score (nSPS) is 16.4. The number of carbonyl (C=O) groups excluding carboxylic acids is 1. The summed E-state index contributed by atoms with van der Waals surface area (Å²) in [5.41, 5.74) is 5.65. The Hall–Kier alpha value is -1.83. The third-order valence-corrected chi connectivity index (χ3v) is 8.41. The average molecular weight is 553 g/mol. The Balaban J connectivity index is 2.08. The van der Waals surface area contributed by atoms with E-state index in [-0.39, 0.29) is 11.4 Å². The van der Waals surface area contributed by atoms with Crippen molar-refractivity contribution in [1.82, 2.24) is 0 Å².